The highest BCUT2D eigenvalue weighted by Crippen LogP contribution is 2.37. The lowest BCUT2D eigenvalue weighted by Gasteiger charge is -2.34. The van der Waals surface area contributed by atoms with Crippen molar-refractivity contribution in [3.05, 3.63) is 62.6 Å². The fraction of sp³-hybridized carbons (Fsp3) is 0.462. The van der Waals surface area contributed by atoms with Crippen molar-refractivity contribution < 1.29 is 31.2 Å². The van der Waals surface area contributed by atoms with Crippen LogP contribution in [0.25, 0.3) is 0 Å². The Morgan fingerprint density at radius 3 is 2.17 bits per heavy atom. The van der Waals surface area contributed by atoms with Gasteiger partial charge in [0.15, 0.2) is 0 Å². The zero-order chi connectivity index (χ0) is 29.8. The molecule has 1 fully saturated rings. The van der Waals surface area contributed by atoms with E-state index in [2.05, 4.69) is 5.32 Å². The van der Waals surface area contributed by atoms with Gasteiger partial charge in [-0.3, -0.25) is 13.9 Å². The lowest BCUT2D eigenvalue weighted by molar-refractivity contribution is -0.140. The monoisotopic (exact) mass is 641 g/mol. The number of nitrogens with one attached hydrogen (secondary N) is 1. The van der Waals surface area contributed by atoms with Gasteiger partial charge in [-0.25, -0.2) is 8.42 Å². The standard InChI is InChI=1S/C26H29Cl3F3N3O4S/c1-3-23(25(37)33-16-7-4-5-8-16)34(14-18-20(27)9-6-10-21(18)28)24(36)15-35(40(2,38)39)17-11-12-22(29)19(13-17)26(30,31)32/h6,9-13,16,23H,3-5,7-8,14-15H2,1-2H3,(H,33,37). The van der Waals surface area contributed by atoms with E-state index < -0.39 is 56.9 Å². The summed E-state index contributed by atoms with van der Waals surface area (Å²) < 4.78 is 66.5. The van der Waals surface area contributed by atoms with Crippen LogP contribution < -0.4 is 9.62 Å². The van der Waals surface area contributed by atoms with Crippen LogP contribution in [-0.4, -0.2) is 50.0 Å². The van der Waals surface area contributed by atoms with Crippen molar-refractivity contribution in [2.45, 2.75) is 63.8 Å². The van der Waals surface area contributed by atoms with Crippen molar-refractivity contribution in [2.75, 3.05) is 17.1 Å². The fourth-order valence-electron chi connectivity index (χ4n) is 4.64. The average Bonchev–Trinajstić information content (AvgIpc) is 3.36. The van der Waals surface area contributed by atoms with Gasteiger partial charge in [0.05, 0.1) is 22.5 Å². The van der Waals surface area contributed by atoms with Crippen LogP contribution in [0.4, 0.5) is 18.9 Å². The molecule has 2 aromatic carbocycles. The fourth-order valence-corrected chi connectivity index (χ4v) is 6.22. The predicted octanol–water partition coefficient (Wildman–Crippen LogP) is 6.30. The molecule has 14 heteroatoms. The first-order valence-electron chi connectivity index (χ1n) is 12.5. The van der Waals surface area contributed by atoms with Gasteiger partial charge < -0.3 is 10.2 Å². The van der Waals surface area contributed by atoms with Crippen molar-refractivity contribution in [3.8, 4) is 0 Å². The van der Waals surface area contributed by atoms with Gasteiger partial charge in [0.2, 0.25) is 21.8 Å². The average molecular weight is 643 g/mol. The minimum absolute atomic E-state index is 0.0511. The number of anilines is 1. The predicted molar refractivity (Wildman–Crippen MR) is 150 cm³/mol. The largest absolute Gasteiger partial charge is 0.417 e. The van der Waals surface area contributed by atoms with Crippen LogP contribution in [0.5, 0.6) is 0 Å². The molecule has 0 heterocycles. The topological polar surface area (TPSA) is 86.8 Å². The highest BCUT2D eigenvalue weighted by atomic mass is 35.5. The molecule has 2 aromatic rings. The van der Waals surface area contributed by atoms with E-state index in [1.54, 1.807) is 25.1 Å². The summed E-state index contributed by atoms with van der Waals surface area (Å²) in [6.07, 6.45) is -0.405. The first kappa shape index (κ1) is 32.3. The van der Waals surface area contributed by atoms with Crippen LogP contribution in [0.3, 0.4) is 0 Å². The number of benzene rings is 2. The zero-order valence-corrected chi connectivity index (χ0v) is 24.9. The second-order valence-corrected chi connectivity index (χ2v) is 12.7. The zero-order valence-electron chi connectivity index (χ0n) is 21.8. The third kappa shape index (κ3) is 7.96. The van der Waals surface area contributed by atoms with E-state index in [1.807, 2.05) is 0 Å². The summed E-state index contributed by atoms with van der Waals surface area (Å²) >= 11 is 18.4. The number of halogens is 6. The molecule has 1 atom stereocenters. The summed E-state index contributed by atoms with van der Waals surface area (Å²) in [4.78, 5) is 28.3. The minimum atomic E-state index is -4.86. The van der Waals surface area contributed by atoms with Crippen LogP contribution in [0.1, 0.15) is 50.2 Å². The van der Waals surface area contributed by atoms with Gasteiger partial charge >= 0.3 is 6.18 Å². The van der Waals surface area contributed by atoms with Gasteiger partial charge in [0, 0.05) is 28.2 Å². The van der Waals surface area contributed by atoms with E-state index in [0.29, 0.717) is 15.9 Å². The summed E-state index contributed by atoms with van der Waals surface area (Å²) in [6.45, 7) is 0.573. The Balaban J connectivity index is 2.02. The van der Waals surface area contributed by atoms with E-state index in [4.69, 9.17) is 34.8 Å². The van der Waals surface area contributed by atoms with Crippen molar-refractivity contribution in [2.24, 2.45) is 0 Å². The minimum Gasteiger partial charge on any atom is -0.352 e. The number of rotatable bonds is 10. The van der Waals surface area contributed by atoms with Crippen molar-refractivity contribution in [1.29, 1.82) is 0 Å². The molecular weight excluding hydrogens is 614 g/mol. The number of nitrogens with zero attached hydrogens (tertiary/aromatic N) is 2. The lowest BCUT2D eigenvalue weighted by Crippen LogP contribution is -2.53. The SMILES string of the molecule is CCC(C(=O)NC1CCCC1)N(Cc1c(Cl)cccc1Cl)C(=O)CN(c1ccc(Cl)c(C(F)(F)F)c1)S(C)(=O)=O. The molecule has 1 N–H and O–H groups in total. The number of sulfonamides is 1. The van der Waals surface area contributed by atoms with E-state index in [1.165, 1.54) is 0 Å². The summed E-state index contributed by atoms with van der Waals surface area (Å²) in [5.74, 6) is -1.26. The first-order chi connectivity index (χ1) is 18.6. The Kier molecular flexibility index (Phi) is 10.6. The van der Waals surface area contributed by atoms with Crippen LogP contribution in [0.2, 0.25) is 15.1 Å². The molecule has 0 radical (unpaired) electrons. The summed E-state index contributed by atoms with van der Waals surface area (Å²) in [5, 5.41) is 2.78. The third-order valence-corrected chi connectivity index (χ3v) is 8.88. The quantitative estimate of drug-likeness (QED) is 0.330. The first-order valence-corrected chi connectivity index (χ1v) is 15.5. The van der Waals surface area contributed by atoms with Gasteiger partial charge in [-0.05, 0) is 49.6 Å². The van der Waals surface area contributed by atoms with Crippen molar-refractivity contribution in [1.82, 2.24) is 10.2 Å². The van der Waals surface area contributed by atoms with Gasteiger partial charge in [-0.2, -0.15) is 13.2 Å². The number of hydrogen-bond donors (Lipinski definition) is 1. The van der Waals surface area contributed by atoms with Gasteiger partial charge in [0.1, 0.15) is 12.6 Å². The molecule has 3 rings (SSSR count). The molecule has 1 aliphatic carbocycles. The number of alkyl halides is 3. The maximum absolute atomic E-state index is 13.8. The second-order valence-electron chi connectivity index (χ2n) is 9.57. The van der Waals surface area contributed by atoms with Gasteiger partial charge in [-0.1, -0.05) is 60.6 Å². The Labute approximate surface area is 246 Å². The molecule has 0 spiro atoms. The van der Waals surface area contributed by atoms with Crippen LogP contribution in [0, 0.1) is 0 Å². The summed E-state index contributed by atoms with van der Waals surface area (Å²) in [5.41, 5.74) is -1.33. The van der Waals surface area contributed by atoms with Crippen molar-refractivity contribution >= 4 is 62.3 Å². The van der Waals surface area contributed by atoms with Gasteiger partial charge in [-0.15, -0.1) is 0 Å². The molecule has 1 unspecified atom stereocenters. The molecule has 1 aliphatic rings. The highest BCUT2D eigenvalue weighted by molar-refractivity contribution is 7.92. The Morgan fingerprint density at radius 2 is 1.65 bits per heavy atom. The molecular formula is C26H29Cl3F3N3O4S. The Hall–Kier alpha value is -2.21. The molecule has 7 nitrogen and oxygen atoms in total. The molecule has 0 aromatic heterocycles. The van der Waals surface area contributed by atoms with E-state index in [0.717, 1.165) is 49.0 Å². The second kappa shape index (κ2) is 13.2. The molecule has 40 heavy (non-hydrogen) atoms. The Morgan fingerprint density at radius 1 is 1.05 bits per heavy atom. The summed E-state index contributed by atoms with van der Waals surface area (Å²) in [7, 11) is -4.26. The number of amides is 2. The number of hydrogen-bond acceptors (Lipinski definition) is 4. The van der Waals surface area contributed by atoms with Crippen molar-refractivity contribution in [3.63, 3.8) is 0 Å². The van der Waals surface area contributed by atoms with E-state index >= 15 is 0 Å². The number of carbonyl (C=O) groups excluding carboxylic acids is 2. The van der Waals surface area contributed by atoms with E-state index in [-0.39, 0.29) is 29.1 Å². The molecule has 0 saturated heterocycles. The molecule has 1 saturated carbocycles. The van der Waals surface area contributed by atoms with Gasteiger partial charge in [0.25, 0.3) is 0 Å². The summed E-state index contributed by atoms with van der Waals surface area (Å²) in [6, 6.07) is 6.19. The van der Waals surface area contributed by atoms with Crippen LogP contribution in [-0.2, 0) is 32.3 Å². The maximum Gasteiger partial charge on any atom is 0.417 e. The molecule has 2 amide bonds. The number of carbonyl (C=O) groups is 2. The van der Waals surface area contributed by atoms with Crippen LogP contribution >= 0.6 is 34.8 Å². The third-order valence-electron chi connectivity index (χ3n) is 6.70. The normalized spacial score (nSPS) is 15.1. The smallest absolute Gasteiger partial charge is 0.352 e. The maximum atomic E-state index is 13.8. The molecule has 0 aliphatic heterocycles. The Bertz CT molecular complexity index is 1330. The molecule has 0 bridgehead atoms. The van der Waals surface area contributed by atoms with Crippen LogP contribution in [0.15, 0.2) is 36.4 Å². The lowest BCUT2D eigenvalue weighted by atomic mass is 10.1. The molecule has 220 valence electrons. The van der Waals surface area contributed by atoms with E-state index in [9.17, 15) is 31.2 Å². The highest BCUT2D eigenvalue weighted by Gasteiger charge is 2.36.